The second-order valence-electron chi connectivity index (χ2n) is 8.72. The van der Waals surface area contributed by atoms with Crippen LogP contribution < -0.4 is 10.6 Å². The van der Waals surface area contributed by atoms with Gasteiger partial charge in [-0.15, -0.1) is 24.0 Å². The second kappa shape index (κ2) is 13.3. The first-order valence-corrected chi connectivity index (χ1v) is 11.6. The number of aromatic nitrogens is 1. The summed E-state index contributed by atoms with van der Waals surface area (Å²) < 4.78 is 2.34. The van der Waals surface area contributed by atoms with Gasteiger partial charge in [-0.25, -0.2) is 0 Å². The zero-order valence-corrected chi connectivity index (χ0v) is 22.0. The van der Waals surface area contributed by atoms with Crippen molar-refractivity contribution in [2.45, 2.75) is 39.8 Å². The van der Waals surface area contributed by atoms with Crippen LogP contribution in [-0.2, 0) is 6.54 Å². The zero-order chi connectivity index (χ0) is 21.3. The molecule has 1 aromatic carbocycles. The van der Waals surface area contributed by atoms with Crippen LogP contribution in [0.1, 0.15) is 27.2 Å². The lowest BCUT2D eigenvalue weighted by Crippen LogP contribution is -2.52. The van der Waals surface area contributed by atoms with Gasteiger partial charge in [-0.2, -0.15) is 0 Å². The van der Waals surface area contributed by atoms with Crippen LogP contribution in [0.2, 0.25) is 0 Å². The molecule has 2 heterocycles. The van der Waals surface area contributed by atoms with Crippen molar-refractivity contribution in [2.75, 3.05) is 52.9 Å². The first-order chi connectivity index (χ1) is 14.6. The number of benzene rings is 1. The second-order valence-corrected chi connectivity index (χ2v) is 8.72. The summed E-state index contributed by atoms with van der Waals surface area (Å²) in [6.07, 6.45) is 3.25. The van der Waals surface area contributed by atoms with Crippen LogP contribution in [0.25, 0.3) is 10.9 Å². The number of fused-ring (bicyclic) bond motifs is 1. The number of hydrogen-bond donors (Lipinski definition) is 2. The van der Waals surface area contributed by atoms with Crippen LogP contribution >= 0.6 is 24.0 Å². The smallest absolute Gasteiger partial charge is 0.191 e. The minimum absolute atomic E-state index is 0. The van der Waals surface area contributed by atoms with Crippen LogP contribution in [0.3, 0.4) is 0 Å². The number of piperazine rings is 1. The van der Waals surface area contributed by atoms with E-state index in [0.717, 1.165) is 64.7 Å². The van der Waals surface area contributed by atoms with E-state index in [1.165, 1.54) is 10.9 Å². The number of halogens is 1. The molecular formula is C24H41IN6. The standard InChI is InChI=1S/C24H40N6.HI/c1-5-25-24(27-19-23(20(2)3)30-17-15-28(4)16-18-30)26-12-8-13-29-14-11-21-9-6-7-10-22(21)29;/h6-7,9-11,14,20,23H,5,8,12-13,15-19H2,1-4H3,(H2,25,26,27);1H. The van der Waals surface area contributed by atoms with Crippen molar-refractivity contribution in [1.29, 1.82) is 0 Å². The van der Waals surface area contributed by atoms with Crippen molar-refractivity contribution in [3.63, 3.8) is 0 Å². The maximum atomic E-state index is 4.95. The topological polar surface area (TPSA) is 47.8 Å². The number of rotatable bonds is 9. The minimum Gasteiger partial charge on any atom is -0.357 e. The van der Waals surface area contributed by atoms with Gasteiger partial charge in [-0.05, 0) is 43.8 Å². The van der Waals surface area contributed by atoms with E-state index in [1.807, 2.05) is 0 Å². The highest BCUT2D eigenvalue weighted by Gasteiger charge is 2.24. The predicted molar refractivity (Wildman–Crippen MR) is 144 cm³/mol. The highest BCUT2D eigenvalue weighted by molar-refractivity contribution is 14.0. The molecular weight excluding hydrogens is 499 g/mol. The normalized spacial score (nSPS) is 17.0. The lowest BCUT2D eigenvalue weighted by atomic mass is 10.0. The van der Waals surface area contributed by atoms with Gasteiger partial charge in [0.2, 0.25) is 0 Å². The number of para-hydroxylation sites is 1. The fourth-order valence-electron chi connectivity index (χ4n) is 4.22. The van der Waals surface area contributed by atoms with E-state index >= 15 is 0 Å². The summed E-state index contributed by atoms with van der Waals surface area (Å²) in [4.78, 5) is 9.98. The Balaban J connectivity index is 0.00000341. The number of nitrogens with one attached hydrogen (secondary N) is 2. The highest BCUT2D eigenvalue weighted by Crippen LogP contribution is 2.15. The summed E-state index contributed by atoms with van der Waals surface area (Å²) >= 11 is 0. The van der Waals surface area contributed by atoms with Crippen LogP contribution in [0.5, 0.6) is 0 Å². The molecule has 1 unspecified atom stereocenters. The molecule has 174 valence electrons. The molecule has 0 saturated carbocycles. The number of aryl methyl sites for hydroxylation is 1. The molecule has 1 saturated heterocycles. The van der Waals surface area contributed by atoms with Crippen LogP contribution in [-0.4, -0.2) is 79.2 Å². The van der Waals surface area contributed by atoms with Crippen molar-refractivity contribution >= 4 is 40.8 Å². The molecule has 1 fully saturated rings. The van der Waals surface area contributed by atoms with Gasteiger partial charge < -0.3 is 20.1 Å². The summed E-state index contributed by atoms with van der Waals surface area (Å²) in [7, 11) is 2.21. The Hall–Kier alpha value is -1.32. The Bertz CT molecular complexity index is 794. The zero-order valence-electron chi connectivity index (χ0n) is 19.7. The van der Waals surface area contributed by atoms with E-state index in [0.29, 0.717) is 12.0 Å². The van der Waals surface area contributed by atoms with Gasteiger partial charge in [0.05, 0.1) is 6.54 Å². The summed E-state index contributed by atoms with van der Waals surface area (Å²) in [6, 6.07) is 11.3. The minimum atomic E-state index is 0. The Morgan fingerprint density at radius 2 is 1.81 bits per heavy atom. The van der Waals surface area contributed by atoms with Crippen molar-refractivity contribution < 1.29 is 0 Å². The van der Waals surface area contributed by atoms with Gasteiger partial charge >= 0.3 is 0 Å². The summed E-state index contributed by atoms with van der Waals surface area (Å²) in [6.45, 7) is 15.0. The number of likely N-dealkylation sites (N-methyl/N-ethyl adjacent to an activating group) is 1. The Labute approximate surface area is 205 Å². The molecule has 31 heavy (non-hydrogen) atoms. The van der Waals surface area contributed by atoms with E-state index in [9.17, 15) is 0 Å². The number of guanidine groups is 1. The monoisotopic (exact) mass is 540 g/mol. The van der Waals surface area contributed by atoms with Crippen molar-refractivity contribution in [3.05, 3.63) is 36.5 Å². The fourth-order valence-corrected chi connectivity index (χ4v) is 4.22. The van der Waals surface area contributed by atoms with E-state index < -0.39 is 0 Å². The Morgan fingerprint density at radius 3 is 2.52 bits per heavy atom. The van der Waals surface area contributed by atoms with Gasteiger partial charge in [-0.3, -0.25) is 9.89 Å². The Morgan fingerprint density at radius 1 is 1.06 bits per heavy atom. The third kappa shape index (κ3) is 7.64. The van der Waals surface area contributed by atoms with Crippen molar-refractivity contribution in [1.82, 2.24) is 25.0 Å². The van der Waals surface area contributed by atoms with E-state index in [-0.39, 0.29) is 24.0 Å². The average Bonchev–Trinajstić information content (AvgIpc) is 3.15. The molecule has 0 bridgehead atoms. The maximum absolute atomic E-state index is 4.95. The number of nitrogens with zero attached hydrogens (tertiary/aromatic N) is 4. The van der Waals surface area contributed by atoms with E-state index in [2.05, 4.69) is 89.3 Å². The quantitative estimate of drug-likeness (QED) is 0.221. The highest BCUT2D eigenvalue weighted by atomic mass is 127. The lowest BCUT2D eigenvalue weighted by Gasteiger charge is -2.39. The molecule has 1 aliphatic rings. The first kappa shape index (κ1) is 25.9. The lowest BCUT2D eigenvalue weighted by molar-refractivity contribution is 0.0925. The molecule has 6 nitrogen and oxygen atoms in total. The molecule has 2 N–H and O–H groups in total. The van der Waals surface area contributed by atoms with Crippen LogP contribution in [0.4, 0.5) is 0 Å². The molecule has 1 aromatic heterocycles. The molecule has 1 atom stereocenters. The summed E-state index contributed by atoms with van der Waals surface area (Å²) in [5.41, 5.74) is 1.31. The summed E-state index contributed by atoms with van der Waals surface area (Å²) in [5, 5.41) is 8.26. The Kier molecular flexibility index (Phi) is 11.1. The number of aliphatic imine (C=N–C) groups is 1. The van der Waals surface area contributed by atoms with Gasteiger partial charge in [0, 0.05) is 63.6 Å². The van der Waals surface area contributed by atoms with Crippen LogP contribution in [0, 0.1) is 5.92 Å². The molecule has 1 aliphatic heterocycles. The molecule has 2 aromatic rings. The summed E-state index contributed by atoms with van der Waals surface area (Å²) in [5.74, 6) is 1.54. The average molecular weight is 541 g/mol. The molecule has 0 radical (unpaired) electrons. The van der Waals surface area contributed by atoms with E-state index in [1.54, 1.807) is 0 Å². The maximum Gasteiger partial charge on any atom is 0.191 e. The third-order valence-electron chi connectivity index (χ3n) is 6.11. The number of hydrogen-bond acceptors (Lipinski definition) is 3. The van der Waals surface area contributed by atoms with Gasteiger partial charge in [0.15, 0.2) is 5.96 Å². The molecule has 7 heteroatoms. The molecule has 3 rings (SSSR count). The van der Waals surface area contributed by atoms with Crippen molar-refractivity contribution in [3.8, 4) is 0 Å². The third-order valence-corrected chi connectivity index (χ3v) is 6.11. The SMILES string of the molecule is CCNC(=NCC(C(C)C)N1CCN(C)CC1)NCCCn1ccc2ccccc21.I. The molecule has 0 aliphatic carbocycles. The molecule has 0 amide bonds. The first-order valence-electron chi connectivity index (χ1n) is 11.6. The fraction of sp³-hybridized carbons (Fsp3) is 0.625. The largest absolute Gasteiger partial charge is 0.357 e. The van der Waals surface area contributed by atoms with Crippen LogP contribution in [0.15, 0.2) is 41.5 Å². The van der Waals surface area contributed by atoms with Crippen molar-refractivity contribution in [2.24, 2.45) is 10.9 Å². The predicted octanol–water partition coefficient (Wildman–Crippen LogP) is 3.48. The van der Waals surface area contributed by atoms with E-state index in [4.69, 9.17) is 4.99 Å². The molecule has 0 spiro atoms. The van der Waals surface area contributed by atoms with Gasteiger partial charge in [-0.1, -0.05) is 32.0 Å². The van der Waals surface area contributed by atoms with Gasteiger partial charge in [0.25, 0.3) is 0 Å². The van der Waals surface area contributed by atoms with Gasteiger partial charge in [0.1, 0.15) is 0 Å².